The highest BCUT2D eigenvalue weighted by Gasteiger charge is 2.10. The summed E-state index contributed by atoms with van der Waals surface area (Å²) in [5.74, 6) is 0.817. The van der Waals surface area contributed by atoms with Gasteiger partial charge < -0.3 is 5.11 Å². The van der Waals surface area contributed by atoms with E-state index in [1.54, 1.807) is 16.0 Å². The number of rotatable bonds is 4. The molecular formula is C10H13N3OS. The molecule has 0 aromatic carbocycles. The highest BCUT2D eigenvalue weighted by atomic mass is 32.1. The smallest absolute Gasteiger partial charge is 0.138 e. The van der Waals surface area contributed by atoms with Crippen LogP contribution in [-0.4, -0.2) is 26.0 Å². The van der Waals surface area contributed by atoms with Gasteiger partial charge in [-0.05, 0) is 28.8 Å². The number of hydrogen-bond donors (Lipinski definition) is 1. The highest BCUT2D eigenvalue weighted by Crippen LogP contribution is 2.10. The Morgan fingerprint density at radius 2 is 2.40 bits per heavy atom. The second kappa shape index (κ2) is 4.55. The number of hydrogen-bond acceptors (Lipinski definition) is 4. The summed E-state index contributed by atoms with van der Waals surface area (Å²) in [6.45, 7) is 0. The van der Waals surface area contributed by atoms with Crippen LogP contribution in [0.5, 0.6) is 0 Å². The molecule has 4 nitrogen and oxygen atoms in total. The Morgan fingerprint density at radius 3 is 3.00 bits per heavy atom. The average molecular weight is 223 g/mol. The standard InChI is InChI=1S/C10H13N3OS/c1-13-10(11-7-12-13)5-9(14)4-8-2-3-15-6-8/h2-3,6-7,9,14H,4-5H2,1H3. The summed E-state index contributed by atoms with van der Waals surface area (Å²) in [6, 6.07) is 2.03. The van der Waals surface area contributed by atoms with Crippen LogP contribution in [0.25, 0.3) is 0 Å². The zero-order valence-corrected chi connectivity index (χ0v) is 9.31. The van der Waals surface area contributed by atoms with Gasteiger partial charge in [-0.2, -0.15) is 16.4 Å². The Bertz CT molecular complexity index is 410. The lowest BCUT2D eigenvalue weighted by atomic mass is 10.1. The Labute approximate surface area is 92.2 Å². The first-order valence-electron chi connectivity index (χ1n) is 4.77. The maximum absolute atomic E-state index is 9.84. The molecule has 0 saturated carbocycles. The summed E-state index contributed by atoms with van der Waals surface area (Å²) in [7, 11) is 1.83. The lowest BCUT2D eigenvalue weighted by Gasteiger charge is -2.08. The van der Waals surface area contributed by atoms with Crippen LogP contribution in [0.15, 0.2) is 23.2 Å². The molecular weight excluding hydrogens is 210 g/mol. The van der Waals surface area contributed by atoms with Crippen molar-refractivity contribution in [1.82, 2.24) is 14.8 Å². The van der Waals surface area contributed by atoms with Gasteiger partial charge in [0.2, 0.25) is 0 Å². The molecule has 2 heterocycles. The van der Waals surface area contributed by atoms with E-state index in [4.69, 9.17) is 0 Å². The molecule has 0 spiro atoms. The molecule has 2 aromatic rings. The van der Waals surface area contributed by atoms with Gasteiger partial charge in [0.05, 0.1) is 6.10 Å². The predicted molar refractivity (Wildman–Crippen MR) is 58.7 cm³/mol. The third kappa shape index (κ3) is 2.64. The maximum atomic E-state index is 9.84. The molecule has 0 radical (unpaired) electrons. The van der Waals surface area contributed by atoms with Crippen molar-refractivity contribution in [1.29, 1.82) is 0 Å². The number of thiophene rings is 1. The zero-order valence-electron chi connectivity index (χ0n) is 8.50. The lowest BCUT2D eigenvalue weighted by molar-refractivity contribution is 0.171. The third-order valence-electron chi connectivity index (χ3n) is 2.27. The summed E-state index contributed by atoms with van der Waals surface area (Å²) in [6.07, 6.45) is 2.34. The van der Waals surface area contributed by atoms with E-state index in [0.717, 1.165) is 5.82 Å². The van der Waals surface area contributed by atoms with E-state index in [2.05, 4.69) is 15.5 Å². The van der Waals surface area contributed by atoms with Crippen molar-refractivity contribution < 1.29 is 5.11 Å². The first-order valence-corrected chi connectivity index (χ1v) is 5.72. The summed E-state index contributed by atoms with van der Waals surface area (Å²) in [5.41, 5.74) is 1.18. The van der Waals surface area contributed by atoms with Crippen molar-refractivity contribution in [2.24, 2.45) is 7.05 Å². The molecule has 0 aliphatic rings. The van der Waals surface area contributed by atoms with Gasteiger partial charge >= 0.3 is 0 Å². The largest absolute Gasteiger partial charge is 0.392 e. The summed E-state index contributed by atoms with van der Waals surface area (Å²) >= 11 is 1.65. The van der Waals surface area contributed by atoms with Crippen LogP contribution in [0, 0.1) is 0 Å². The predicted octanol–water partition coefficient (Wildman–Crippen LogP) is 1.02. The fourth-order valence-corrected chi connectivity index (χ4v) is 2.15. The molecule has 2 aromatic heterocycles. The van der Waals surface area contributed by atoms with E-state index in [0.29, 0.717) is 12.8 Å². The number of aromatic nitrogens is 3. The van der Waals surface area contributed by atoms with Crippen molar-refractivity contribution in [3.63, 3.8) is 0 Å². The van der Waals surface area contributed by atoms with E-state index in [-0.39, 0.29) is 6.10 Å². The summed E-state index contributed by atoms with van der Waals surface area (Å²) in [4.78, 5) is 4.08. The molecule has 2 rings (SSSR count). The van der Waals surface area contributed by atoms with E-state index in [1.807, 2.05) is 18.5 Å². The quantitative estimate of drug-likeness (QED) is 0.842. The van der Waals surface area contributed by atoms with Gasteiger partial charge in [-0.15, -0.1) is 0 Å². The SMILES string of the molecule is Cn1ncnc1CC(O)Cc1ccsc1. The Morgan fingerprint density at radius 1 is 1.53 bits per heavy atom. The second-order valence-corrected chi connectivity index (χ2v) is 4.27. The normalized spacial score (nSPS) is 12.9. The molecule has 0 aliphatic heterocycles. The van der Waals surface area contributed by atoms with E-state index >= 15 is 0 Å². The average Bonchev–Trinajstić information content (AvgIpc) is 2.79. The van der Waals surface area contributed by atoms with Crippen LogP contribution in [0.2, 0.25) is 0 Å². The van der Waals surface area contributed by atoms with Crippen LogP contribution >= 0.6 is 11.3 Å². The van der Waals surface area contributed by atoms with Gasteiger partial charge in [0, 0.05) is 13.5 Å². The van der Waals surface area contributed by atoms with E-state index in [9.17, 15) is 5.11 Å². The van der Waals surface area contributed by atoms with Crippen molar-refractivity contribution in [2.45, 2.75) is 18.9 Å². The van der Waals surface area contributed by atoms with Crippen LogP contribution in [-0.2, 0) is 19.9 Å². The summed E-state index contributed by atoms with van der Waals surface area (Å²) in [5, 5.41) is 17.9. The molecule has 5 heteroatoms. The Kier molecular flexibility index (Phi) is 3.13. The van der Waals surface area contributed by atoms with E-state index in [1.165, 1.54) is 11.9 Å². The first-order chi connectivity index (χ1) is 7.25. The van der Waals surface area contributed by atoms with Crippen molar-refractivity contribution in [2.75, 3.05) is 0 Å². The van der Waals surface area contributed by atoms with Crippen LogP contribution in [0.4, 0.5) is 0 Å². The van der Waals surface area contributed by atoms with Crippen molar-refractivity contribution >= 4 is 11.3 Å². The minimum absolute atomic E-state index is 0.387. The first kappa shape index (κ1) is 10.3. The van der Waals surface area contributed by atoms with Crippen LogP contribution in [0.3, 0.4) is 0 Å². The zero-order chi connectivity index (χ0) is 10.7. The van der Waals surface area contributed by atoms with Crippen LogP contribution in [0.1, 0.15) is 11.4 Å². The highest BCUT2D eigenvalue weighted by molar-refractivity contribution is 7.07. The third-order valence-corrected chi connectivity index (χ3v) is 3.01. The van der Waals surface area contributed by atoms with Gasteiger partial charge in [0.15, 0.2) is 0 Å². The fraction of sp³-hybridized carbons (Fsp3) is 0.400. The molecule has 0 bridgehead atoms. The molecule has 1 atom stereocenters. The molecule has 80 valence electrons. The molecule has 1 N–H and O–H groups in total. The molecule has 0 aliphatic carbocycles. The Hall–Kier alpha value is -1.20. The minimum atomic E-state index is -0.387. The van der Waals surface area contributed by atoms with Gasteiger partial charge in [-0.25, -0.2) is 4.98 Å². The fourth-order valence-electron chi connectivity index (χ4n) is 1.47. The monoisotopic (exact) mass is 223 g/mol. The van der Waals surface area contributed by atoms with Gasteiger partial charge in [0.25, 0.3) is 0 Å². The number of aliphatic hydroxyl groups excluding tert-OH is 1. The topological polar surface area (TPSA) is 50.9 Å². The minimum Gasteiger partial charge on any atom is -0.392 e. The van der Waals surface area contributed by atoms with Gasteiger partial charge in [-0.3, -0.25) is 4.68 Å². The van der Waals surface area contributed by atoms with Crippen molar-refractivity contribution in [3.05, 3.63) is 34.5 Å². The van der Waals surface area contributed by atoms with Gasteiger partial charge in [-0.1, -0.05) is 0 Å². The second-order valence-electron chi connectivity index (χ2n) is 3.49. The number of aryl methyl sites for hydroxylation is 1. The molecule has 15 heavy (non-hydrogen) atoms. The Balaban J connectivity index is 1.93. The maximum Gasteiger partial charge on any atom is 0.138 e. The van der Waals surface area contributed by atoms with Crippen molar-refractivity contribution in [3.8, 4) is 0 Å². The number of nitrogens with zero attached hydrogens (tertiary/aromatic N) is 3. The van der Waals surface area contributed by atoms with Crippen LogP contribution < -0.4 is 0 Å². The molecule has 0 amide bonds. The van der Waals surface area contributed by atoms with E-state index < -0.39 is 0 Å². The number of aliphatic hydroxyl groups is 1. The molecule has 1 unspecified atom stereocenters. The van der Waals surface area contributed by atoms with Gasteiger partial charge in [0.1, 0.15) is 12.2 Å². The molecule has 0 saturated heterocycles. The molecule has 0 fully saturated rings. The summed E-state index contributed by atoms with van der Waals surface area (Å²) < 4.78 is 1.69. The lowest BCUT2D eigenvalue weighted by Crippen LogP contribution is -2.16.